The lowest BCUT2D eigenvalue weighted by atomic mass is 9.70. The molecule has 0 saturated carbocycles. The van der Waals surface area contributed by atoms with Crippen LogP contribution in [0.25, 0.3) is 0 Å². The first-order valence-corrected chi connectivity index (χ1v) is 8.88. The molecule has 1 N–H and O–H groups in total. The summed E-state index contributed by atoms with van der Waals surface area (Å²) in [5.74, 6) is 1.65. The third-order valence-electron chi connectivity index (χ3n) is 5.38. The molecule has 24 heavy (non-hydrogen) atoms. The molecule has 4 rings (SSSR count). The van der Waals surface area contributed by atoms with Crippen LogP contribution in [0.5, 0.6) is 11.5 Å². The fraction of sp³-hybridized carbons (Fsp3) is 0.350. The summed E-state index contributed by atoms with van der Waals surface area (Å²) in [6.07, 6.45) is 1.92. The quantitative estimate of drug-likeness (QED) is 0.846. The van der Waals surface area contributed by atoms with Crippen molar-refractivity contribution >= 4 is 17.6 Å². The van der Waals surface area contributed by atoms with Crippen molar-refractivity contribution < 1.29 is 9.84 Å². The van der Waals surface area contributed by atoms with E-state index >= 15 is 0 Å². The van der Waals surface area contributed by atoms with Gasteiger partial charge in [-0.05, 0) is 62.7 Å². The predicted octanol–water partition coefficient (Wildman–Crippen LogP) is 3.72. The summed E-state index contributed by atoms with van der Waals surface area (Å²) in [4.78, 5) is 2.32. The normalized spacial score (nSPS) is 23.9. The summed E-state index contributed by atoms with van der Waals surface area (Å²) in [7, 11) is 2.14. The van der Waals surface area contributed by atoms with Crippen LogP contribution in [0.2, 0.25) is 0 Å². The predicted molar refractivity (Wildman–Crippen MR) is 98.9 cm³/mol. The van der Waals surface area contributed by atoms with Crippen molar-refractivity contribution in [1.82, 2.24) is 4.90 Å². The second kappa shape index (κ2) is 5.96. The molecule has 0 amide bonds. The molecule has 1 fully saturated rings. The lowest BCUT2D eigenvalue weighted by Crippen LogP contribution is -2.44. The molecular formula is C20H21NO2S. The highest BCUT2D eigenvalue weighted by Crippen LogP contribution is 2.52. The van der Waals surface area contributed by atoms with E-state index in [-0.39, 0.29) is 5.92 Å². The van der Waals surface area contributed by atoms with Gasteiger partial charge in [0.1, 0.15) is 17.1 Å². The molecule has 124 valence electrons. The van der Waals surface area contributed by atoms with Gasteiger partial charge in [-0.25, -0.2) is 0 Å². The first-order valence-electron chi connectivity index (χ1n) is 8.41. The molecule has 2 aliphatic heterocycles. The van der Waals surface area contributed by atoms with Gasteiger partial charge >= 0.3 is 0 Å². The number of nitrogens with zero attached hydrogens (tertiary/aromatic N) is 1. The SMILES string of the molecule is CN1CCC(C2(O)c3ccccc3Oc3ccc(C=S)cc32)CC1. The van der Waals surface area contributed by atoms with Crippen LogP contribution in [-0.2, 0) is 5.60 Å². The number of thiocarbonyl (C=S) groups is 1. The highest BCUT2D eigenvalue weighted by atomic mass is 32.1. The van der Waals surface area contributed by atoms with Crippen LogP contribution in [0.4, 0.5) is 0 Å². The van der Waals surface area contributed by atoms with Gasteiger partial charge < -0.3 is 14.7 Å². The Labute approximate surface area is 147 Å². The van der Waals surface area contributed by atoms with Crippen LogP contribution in [0.1, 0.15) is 29.5 Å². The zero-order chi connectivity index (χ0) is 16.7. The summed E-state index contributed by atoms with van der Waals surface area (Å²) in [5.41, 5.74) is 1.61. The van der Waals surface area contributed by atoms with E-state index in [2.05, 4.69) is 11.9 Å². The number of benzene rings is 2. The molecule has 1 unspecified atom stereocenters. The zero-order valence-corrected chi connectivity index (χ0v) is 14.6. The van der Waals surface area contributed by atoms with E-state index in [1.807, 2.05) is 42.5 Å². The Hall–Kier alpha value is -1.75. The fourth-order valence-electron chi connectivity index (χ4n) is 4.01. The van der Waals surface area contributed by atoms with Crippen molar-refractivity contribution in [1.29, 1.82) is 0 Å². The number of fused-ring (bicyclic) bond motifs is 2. The van der Waals surface area contributed by atoms with Gasteiger partial charge in [0.15, 0.2) is 0 Å². The molecule has 3 nitrogen and oxygen atoms in total. The molecule has 0 bridgehead atoms. The third kappa shape index (κ3) is 2.37. The van der Waals surface area contributed by atoms with Gasteiger partial charge in [-0.1, -0.05) is 36.5 Å². The first kappa shape index (κ1) is 15.8. The Morgan fingerprint density at radius 2 is 1.83 bits per heavy atom. The summed E-state index contributed by atoms with van der Waals surface area (Å²) >= 11 is 5.09. The van der Waals surface area contributed by atoms with E-state index in [4.69, 9.17) is 17.0 Å². The Bertz CT molecular complexity index is 783. The minimum atomic E-state index is -1.03. The highest BCUT2D eigenvalue weighted by Gasteiger charge is 2.47. The number of piperidine rings is 1. The maximum atomic E-state index is 12.0. The number of para-hydroxylation sites is 1. The molecule has 0 aliphatic carbocycles. The van der Waals surface area contributed by atoms with E-state index in [9.17, 15) is 5.11 Å². The summed E-state index contributed by atoms with van der Waals surface area (Å²) < 4.78 is 6.07. The van der Waals surface area contributed by atoms with Crippen LogP contribution >= 0.6 is 12.2 Å². The van der Waals surface area contributed by atoms with E-state index in [0.29, 0.717) is 0 Å². The Morgan fingerprint density at radius 1 is 1.12 bits per heavy atom. The smallest absolute Gasteiger partial charge is 0.133 e. The molecule has 2 aliphatic rings. The van der Waals surface area contributed by atoms with Gasteiger partial charge in [-0.15, -0.1) is 0 Å². The summed E-state index contributed by atoms with van der Waals surface area (Å²) in [6.45, 7) is 2.00. The number of likely N-dealkylation sites (tertiary alicyclic amines) is 1. The Balaban J connectivity index is 1.89. The van der Waals surface area contributed by atoms with Crippen LogP contribution in [-0.4, -0.2) is 35.5 Å². The second-order valence-corrected chi connectivity index (χ2v) is 7.05. The molecule has 0 radical (unpaired) electrons. The fourth-order valence-corrected chi connectivity index (χ4v) is 4.15. The maximum Gasteiger partial charge on any atom is 0.133 e. The topological polar surface area (TPSA) is 32.7 Å². The maximum absolute atomic E-state index is 12.0. The molecule has 0 spiro atoms. The molecular weight excluding hydrogens is 318 g/mol. The Morgan fingerprint density at radius 3 is 2.58 bits per heavy atom. The van der Waals surface area contributed by atoms with Crippen molar-refractivity contribution in [3.63, 3.8) is 0 Å². The average Bonchev–Trinajstić information content (AvgIpc) is 2.62. The first-order chi connectivity index (χ1) is 11.6. The minimum Gasteiger partial charge on any atom is -0.457 e. The lowest BCUT2D eigenvalue weighted by molar-refractivity contribution is -0.0177. The van der Waals surface area contributed by atoms with E-state index in [0.717, 1.165) is 54.1 Å². The molecule has 4 heteroatoms. The summed E-state index contributed by atoms with van der Waals surface area (Å²) in [6, 6.07) is 13.7. The number of hydrogen-bond acceptors (Lipinski definition) is 4. The largest absolute Gasteiger partial charge is 0.457 e. The van der Waals surface area contributed by atoms with Crippen LogP contribution < -0.4 is 4.74 Å². The van der Waals surface area contributed by atoms with Crippen molar-refractivity contribution in [3.8, 4) is 11.5 Å². The molecule has 1 atom stereocenters. The van der Waals surface area contributed by atoms with Crippen molar-refractivity contribution in [3.05, 3.63) is 59.2 Å². The van der Waals surface area contributed by atoms with Gasteiger partial charge in [-0.2, -0.15) is 0 Å². The van der Waals surface area contributed by atoms with Crippen molar-refractivity contribution in [2.45, 2.75) is 18.4 Å². The third-order valence-corrected chi connectivity index (χ3v) is 5.65. The van der Waals surface area contributed by atoms with E-state index in [1.54, 1.807) is 5.37 Å². The van der Waals surface area contributed by atoms with Gasteiger partial charge in [0.2, 0.25) is 0 Å². The molecule has 2 aromatic rings. The molecule has 1 saturated heterocycles. The van der Waals surface area contributed by atoms with E-state index in [1.165, 1.54) is 0 Å². The van der Waals surface area contributed by atoms with Gasteiger partial charge in [0.25, 0.3) is 0 Å². The number of ether oxygens (including phenoxy) is 1. The number of aliphatic hydroxyl groups is 1. The Kier molecular flexibility index (Phi) is 3.91. The summed E-state index contributed by atoms with van der Waals surface area (Å²) in [5, 5.41) is 13.6. The zero-order valence-electron chi connectivity index (χ0n) is 13.7. The molecule has 2 aromatic carbocycles. The van der Waals surface area contributed by atoms with Gasteiger partial charge in [-0.3, -0.25) is 0 Å². The van der Waals surface area contributed by atoms with Crippen molar-refractivity contribution in [2.75, 3.05) is 20.1 Å². The lowest BCUT2D eigenvalue weighted by Gasteiger charge is -2.44. The van der Waals surface area contributed by atoms with Crippen LogP contribution in [0.15, 0.2) is 42.5 Å². The minimum absolute atomic E-state index is 0.165. The standard InChI is InChI=1S/C20H21NO2S/c1-21-10-8-15(9-11-21)20(22)16-4-2-3-5-18(16)23-19-7-6-14(13-24)12-17(19)20/h2-7,12-13,15,22H,8-11H2,1H3. The van der Waals surface area contributed by atoms with Crippen molar-refractivity contribution in [2.24, 2.45) is 5.92 Å². The number of hydrogen-bond donors (Lipinski definition) is 1. The van der Waals surface area contributed by atoms with Gasteiger partial charge in [0, 0.05) is 16.5 Å². The van der Waals surface area contributed by atoms with E-state index < -0.39 is 5.60 Å². The van der Waals surface area contributed by atoms with Crippen LogP contribution in [0, 0.1) is 5.92 Å². The number of rotatable bonds is 2. The molecule has 0 aromatic heterocycles. The van der Waals surface area contributed by atoms with Crippen LogP contribution in [0.3, 0.4) is 0 Å². The van der Waals surface area contributed by atoms with Gasteiger partial charge in [0.05, 0.1) is 0 Å². The second-order valence-electron chi connectivity index (χ2n) is 6.82. The molecule has 2 heterocycles. The highest BCUT2D eigenvalue weighted by molar-refractivity contribution is 7.79. The average molecular weight is 339 g/mol. The monoisotopic (exact) mass is 339 g/mol.